The molecule has 4 aromatic rings. The Hall–Kier alpha value is -4.14. The maximum absolute atomic E-state index is 12.9. The lowest BCUT2D eigenvalue weighted by Crippen LogP contribution is -2.33. The zero-order chi connectivity index (χ0) is 21.3. The van der Waals surface area contributed by atoms with Gasteiger partial charge in [0.15, 0.2) is 5.65 Å². The van der Waals surface area contributed by atoms with Gasteiger partial charge in [-0.25, -0.2) is 14.3 Å². The minimum absolute atomic E-state index is 0.251. The van der Waals surface area contributed by atoms with Gasteiger partial charge in [-0.3, -0.25) is 15.0 Å². The third-order valence-electron chi connectivity index (χ3n) is 4.64. The Balaban J connectivity index is 1.68. The van der Waals surface area contributed by atoms with Gasteiger partial charge in [0.25, 0.3) is 11.5 Å². The van der Waals surface area contributed by atoms with Gasteiger partial charge in [0.2, 0.25) is 0 Å². The maximum atomic E-state index is 12.9. The lowest BCUT2D eigenvalue weighted by atomic mass is 10.2. The van der Waals surface area contributed by atoms with Gasteiger partial charge >= 0.3 is 0 Å². The monoisotopic (exact) mass is 405 g/mol. The molecule has 4 rings (SSSR count). The fourth-order valence-corrected chi connectivity index (χ4v) is 3.02. The molecule has 0 radical (unpaired) electrons. The molecule has 152 valence electrons. The molecule has 0 saturated heterocycles. The number of hydrogen-bond acceptors (Lipinski definition) is 6. The summed E-state index contributed by atoms with van der Waals surface area (Å²) < 4.78 is 13.0. The van der Waals surface area contributed by atoms with Gasteiger partial charge in [-0.1, -0.05) is 17.7 Å². The predicted molar refractivity (Wildman–Crippen MR) is 111 cm³/mol. The van der Waals surface area contributed by atoms with Crippen LogP contribution < -0.4 is 20.5 Å². The van der Waals surface area contributed by atoms with Crippen molar-refractivity contribution in [2.75, 3.05) is 19.6 Å². The van der Waals surface area contributed by atoms with Gasteiger partial charge in [-0.05, 0) is 31.2 Å². The van der Waals surface area contributed by atoms with Gasteiger partial charge in [-0.2, -0.15) is 5.10 Å². The number of amides is 1. The van der Waals surface area contributed by atoms with Crippen LogP contribution in [0, 0.1) is 6.92 Å². The molecule has 9 heteroatoms. The van der Waals surface area contributed by atoms with Crippen LogP contribution in [0.3, 0.4) is 0 Å². The molecule has 30 heavy (non-hydrogen) atoms. The van der Waals surface area contributed by atoms with Crippen molar-refractivity contribution >= 4 is 16.9 Å². The Bertz CT molecular complexity index is 1290. The molecule has 0 spiro atoms. The van der Waals surface area contributed by atoms with Crippen LogP contribution in [-0.2, 0) is 0 Å². The number of rotatable bonds is 5. The zero-order valence-electron chi connectivity index (χ0n) is 16.6. The van der Waals surface area contributed by atoms with E-state index in [1.807, 2.05) is 31.2 Å². The normalized spacial score (nSPS) is 10.8. The number of methoxy groups -OCH3 is 2. The Kier molecular flexibility index (Phi) is 4.93. The molecule has 1 amide bonds. The Morgan fingerprint density at radius 3 is 2.53 bits per heavy atom. The molecule has 0 fully saturated rings. The second-order valence-electron chi connectivity index (χ2n) is 6.56. The van der Waals surface area contributed by atoms with Gasteiger partial charge < -0.3 is 9.47 Å². The number of fused-ring (bicyclic) bond motifs is 1. The van der Waals surface area contributed by atoms with Crippen molar-refractivity contribution in [1.29, 1.82) is 0 Å². The summed E-state index contributed by atoms with van der Waals surface area (Å²) in [5.41, 5.74) is 4.63. The molecule has 2 aromatic carbocycles. The van der Waals surface area contributed by atoms with E-state index in [-0.39, 0.29) is 10.9 Å². The summed E-state index contributed by atoms with van der Waals surface area (Å²) in [6.45, 7) is 1.99. The smallest absolute Gasteiger partial charge is 0.283 e. The number of aryl methyl sites for hydroxylation is 1. The fraction of sp³-hybridized carbons (Fsp3) is 0.143. The molecular formula is C21H19N5O4. The Morgan fingerprint density at radius 2 is 1.83 bits per heavy atom. The molecule has 2 aromatic heterocycles. The highest BCUT2D eigenvalue weighted by Crippen LogP contribution is 2.24. The molecular weight excluding hydrogens is 386 g/mol. The predicted octanol–water partition coefficient (Wildman–Crippen LogP) is 2.29. The summed E-state index contributed by atoms with van der Waals surface area (Å²) in [6, 6.07) is 12.5. The number of aromatic nitrogens is 4. The highest BCUT2D eigenvalue weighted by Gasteiger charge is 2.16. The molecule has 0 aliphatic rings. The number of carbonyl (C=O) groups excluding carboxylic acids is 1. The average Bonchev–Trinajstić information content (AvgIpc) is 3.20. The van der Waals surface area contributed by atoms with Crippen LogP contribution in [0.5, 0.6) is 11.5 Å². The minimum atomic E-state index is -0.524. The molecule has 1 N–H and O–H groups in total. The van der Waals surface area contributed by atoms with Gasteiger partial charge in [-0.15, -0.1) is 0 Å². The van der Waals surface area contributed by atoms with Crippen molar-refractivity contribution in [1.82, 2.24) is 19.4 Å². The lowest BCUT2D eigenvalue weighted by Gasteiger charge is -2.12. The fourth-order valence-electron chi connectivity index (χ4n) is 3.02. The van der Waals surface area contributed by atoms with Crippen LogP contribution in [-0.4, -0.2) is 39.6 Å². The molecule has 2 heterocycles. The van der Waals surface area contributed by atoms with Crippen molar-refractivity contribution in [3.05, 3.63) is 76.5 Å². The maximum Gasteiger partial charge on any atom is 0.283 e. The topological polar surface area (TPSA) is 100 Å². The highest BCUT2D eigenvalue weighted by molar-refractivity contribution is 6.02. The van der Waals surface area contributed by atoms with Crippen molar-refractivity contribution in [3.8, 4) is 17.2 Å². The van der Waals surface area contributed by atoms with Crippen LogP contribution >= 0.6 is 0 Å². The first-order valence-corrected chi connectivity index (χ1v) is 9.07. The van der Waals surface area contributed by atoms with Crippen LogP contribution in [0.4, 0.5) is 0 Å². The van der Waals surface area contributed by atoms with Gasteiger partial charge in [0.1, 0.15) is 23.2 Å². The van der Waals surface area contributed by atoms with Crippen molar-refractivity contribution in [2.45, 2.75) is 6.92 Å². The second-order valence-corrected chi connectivity index (χ2v) is 6.56. The van der Waals surface area contributed by atoms with E-state index in [0.29, 0.717) is 17.1 Å². The summed E-state index contributed by atoms with van der Waals surface area (Å²) in [5.74, 6) is 0.344. The third kappa shape index (κ3) is 3.37. The quantitative estimate of drug-likeness (QED) is 0.547. The second kappa shape index (κ2) is 7.70. The van der Waals surface area contributed by atoms with Gasteiger partial charge in [0, 0.05) is 6.07 Å². The minimum Gasteiger partial charge on any atom is -0.497 e. The number of hydrogen-bond donors (Lipinski definition) is 1. The Labute approximate surface area is 171 Å². The molecule has 0 unspecified atom stereocenters. The van der Waals surface area contributed by atoms with E-state index < -0.39 is 11.5 Å². The lowest BCUT2D eigenvalue weighted by molar-refractivity contribution is 0.100. The number of nitrogens with zero attached hydrogens (tertiary/aromatic N) is 4. The number of nitrogens with one attached hydrogen (secondary N) is 1. The summed E-state index contributed by atoms with van der Waals surface area (Å²) in [5, 5.41) is 4.55. The van der Waals surface area contributed by atoms with E-state index in [1.165, 1.54) is 26.7 Å². The van der Waals surface area contributed by atoms with E-state index in [4.69, 9.17) is 9.47 Å². The average molecular weight is 405 g/mol. The number of ether oxygens (including phenoxy) is 2. The van der Waals surface area contributed by atoms with Crippen LogP contribution in [0.2, 0.25) is 0 Å². The number of benzene rings is 2. The molecule has 0 saturated carbocycles. The molecule has 0 aliphatic carbocycles. The van der Waals surface area contributed by atoms with Crippen LogP contribution in [0.15, 0.2) is 59.8 Å². The van der Waals surface area contributed by atoms with E-state index in [9.17, 15) is 9.59 Å². The summed E-state index contributed by atoms with van der Waals surface area (Å²) in [6.07, 6.45) is 2.69. The van der Waals surface area contributed by atoms with E-state index >= 15 is 0 Å². The van der Waals surface area contributed by atoms with Gasteiger partial charge in [0.05, 0.1) is 31.7 Å². The van der Waals surface area contributed by atoms with E-state index in [0.717, 1.165) is 15.9 Å². The SMILES string of the molecule is COc1ccc(C(=O)Nn2cnc3c(cnn3-c3ccc(C)cc3)c2=O)c(OC)c1. The first-order chi connectivity index (χ1) is 14.5. The third-order valence-corrected chi connectivity index (χ3v) is 4.64. The number of carbonyl (C=O) groups is 1. The zero-order valence-corrected chi connectivity index (χ0v) is 16.6. The summed E-state index contributed by atoms with van der Waals surface area (Å²) in [4.78, 5) is 29.9. The standard InChI is InChI=1S/C21H19N5O4/c1-13-4-6-14(7-5-13)26-19-17(11-23-26)21(28)25(12-22-19)24-20(27)16-9-8-15(29-2)10-18(16)30-3/h4-12H,1-3H3,(H,24,27). The van der Waals surface area contributed by atoms with Crippen molar-refractivity contribution in [2.24, 2.45) is 0 Å². The van der Waals surface area contributed by atoms with Crippen molar-refractivity contribution in [3.63, 3.8) is 0 Å². The highest BCUT2D eigenvalue weighted by atomic mass is 16.5. The largest absolute Gasteiger partial charge is 0.497 e. The Morgan fingerprint density at radius 1 is 1.07 bits per heavy atom. The van der Waals surface area contributed by atoms with E-state index in [2.05, 4.69) is 15.5 Å². The molecule has 0 atom stereocenters. The van der Waals surface area contributed by atoms with Crippen molar-refractivity contribution < 1.29 is 14.3 Å². The molecule has 0 aliphatic heterocycles. The molecule has 9 nitrogen and oxygen atoms in total. The first-order valence-electron chi connectivity index (χ1n) is 9.07. The van der Waals surface area contributed by atoms with Crippen LogP contribution in [0.1, 0.15) is 15.9 Å². The van der Waals surface area contributed by atoms with Crippen LogP contribution in [0.25, 0.3) is 16.7 Å². The summed E-state index contributed by atoms with van der Waals surface area (Å²) >= 11 is 0. The van der Waals surface area contributed by atoms with E-state index in [1.54, 1.807) is 22.9 Å². The first kappa shape index (κ1) is 19.2. The summed E-state index contributed by atoms with van der Waals surface area (Å²) in [7, 11) is 2.97. The molecule has 0 bridgehead atoms.